The third kappa shape index (κ3) is 1.38. The number of nitrogens with zero attached hydrogens (tertiary/aromatic N) is 2. The molecule has 4 heteroatoms. The standard InChI is InChI=1S/C14H14N2O2/c1-9-7-15-13(17)11-5-3-4-6-12(11)14(18)16(15)8-10(9)2/h3-6H,7-8H2,1-2H3. The predicted octanol–water partition coefficient (Wildman–Crippen LogP) is 1.51. The Kier molecular flexibility index (Phi) is 2.26. The van der Waals surface area contributed by atoms with Gasteiger partial charge in [0.15, 0.2) is 0 Å². The van der Waals surface area contributed by atoms with E-state index in [9.17, 15) is 9.59 Å². The van der Waals surface area contributed by atoms with Gasteiger partial charge >= 0.3 is 0 Å². The van der Waals surface area contributed by atoms with E-state index in [0.29, 0.717) is 23.9 Å². The number of hydrogen-bond donors (Lipinski definition) is 0. The summed E-state index contributed by atoms with van der Waals surface area (Å²) in [5, 5.41) is 1.01. The Morgan fingerprint density at radius 3 is 1.61 bits per heavy atom. The smallest absolute Gasteiger partial charge is 0.267 e. The molecular formula is C14H14N2O2. The topological polar surface area (TPSA) is 44.0 Å². The molecule has 2 aromatic rings. The van der Waals surface area contributed by atoms with E-state index in [-0.39, 0.29) is 11.1 Å². The van der Waals surface area contributed by atoms with Crippen molar-refractivity contribution >= 4 is 10.8 Å². The number of benzene rings is 1. The van der Waals surface area contributed by atoms with Gasteiger partial charge < -0.3 is 0 Å². The summed E-state index contributed by atoms with van der Waals surface area (Å²) < 4.78 is 3.10. The lowest BCUT2D eigenvalue weighted by atomic mass is 10.1. The number of fused-ring (bicyclic) bond motifs is 2. The fourth-order valence-corrected chi connectivity index (χ4v) is 2.39. The second-order valence-corrected chi connectivity index (χ2v) is 4.83. The van der Waals surface area contributed by atoms with Crippen LogP contribution >= 0.6 is 0 Å². The fraction of sp³-hybridized carbons (Fsp3) is 0.286. The van der Waals surface area contributed by atoms with Crippen LogP contribution in [0.15, 0.2) is 45.0 Å². The van der Waals surface area contributed by atoms with Gasteiger partial charge in [-0.3, -0.25) is 9.59 Å². The Labute approximate surface area is 104 Å². The Morgan fingerprint density at radius 1 is 0.833 bits per heavy atom. The fourth-order valence-electron chi connectivity index (χ4n) is 2.39. The van der Waals surface area contributed by atoms with Crippen LogP contribution in [0.25, 0.3) is 10.8 Å². The second-order valence-electron chi connectivity index (χ2n) is 4.83. The van der Waals surface area contributed by atoms with Gasteiger partial charge in [0, 0.05) is 0 Å². The molecule has 1 aliphatic rings. The minimum absolute atomic E-state index is 0.0861. The predicted molar refractivity (Wildman–Crippen MR) is 70.8 cm³/mol. The number of aromatic nitrogens is 2. The largest absolute Gasteiger partial charge is 0.273 e. The number of hydrogen-bond acceptors (Lipinski definition) is 2. The molecule has 0 radical (unpaired) electrons. The summed E-state index contributed by atoms with van der Waals surface area (Å²) >= 11 is 0. The van der Waals surface area contributed by atoms with Gasteiger partial charge in [0.2, 0.25) is 0 Å². The van der Waals surface area contributed by atoms with Crippen LogP contribution in [0.4, 0.5) is 0 Å². The maximum absolute atomic E-state index is 12.4. The molecule has 0 fully saturated rings. The first kappa shape index (κ1) is 11.0. The first-order chi connectivity index (χ1) is 8.59. The zero-order chi connectivity index (χ0) is 12.9. The molecule has 0 saturated carbocycles. The van der Waals surface area contributed by atoms with Crippen molar-refractivity contribution in [3.8, 4) is 0 Å². The molecule has 92 valence electrons. The van der Waals surface area contributed by atoms with Crippen molar-refractivity contribution in [1.82, 2.24) is 9.36 Å². The highest BCUT2D eigenvalue weighted by atomic mass is 16.2. The molecular weight excluding hydrogens is 228 g/mol. The van der Waals surface area contributed by atoms with Crippen LogP contribution < -0.4 is 11.1 Å². The van der Waals surface area contributed by atoms with Gasteiger partial charge in [-0.2, -0.15) is 0 Å². The molecule has 1 aliphatic heterocycles. The lowest BCUT2D eigenvalue weighted by Crippen LogP contribution is -2.41. The Balaban J connectivity index is 2.46. The van der Waals surface area contributed by atoms with E-state index in [1.54, 1.807) is 33.6 Å². The van der Waals surface area contributed by atoms with Crippen molar-refractivity contribution in [2.45, 2.75) is 26.9 Å². The lowest BCUT2D eigenvalue weighted by Gasteiger charge is -2.23. The van der Waals surface area contributed by atoms with Crippen LogP contribution in [-0.4, -0.2) is 9.36 Å². The number of rotatable bonds is 0. The first-order valence-electron chi connectivity index (χ1n) is 5.97. The van der Waals surface area contributed by atoms with Crippen LogP contribution in [0, 0.1) is 0 Å². The van der Waals surface area contributed by atoms with E-state index in [2.05, 4.69) is 0 Å². The molecule has 18 heavy (non-hydrogen) atoms. The van der Waals surface area contributed by atoms with Crippen molar-refractivity contribution < 1.29 is 0 Å². The van der Waals surface area contributed by atoms with Crippen LogP contribution in [0.2, 0.25) is 0 Å². The molecule has 0 saturated heterocycles. The van der Waals surface area contributed by atoms with Crippen molar-refractivity contribution in [3.05, 3.63) is 56.1 Å². The van der Waals surface area contributed by atoms with E-state index in [1.165, 1.54) is 0 Å². The van der Waals surface area contributed by atoms with Gasteiger partial charge in [0.25, 0.3) is 11.1 Å². The third-order valence-corrected chi connectivity index (χ3v) is 3.65. The summed E-state index contributed by atoms with van der Waals surface area (Å²) in [4.78, 5) is 24.7. The molecule has 2 heterocycles. The second kappa shape index (κ2) is 3.70. The molecule has 0 amide bonds. The van der Waals surface area contributed by atoms with E-state index in [0.717, 1.165) is 11.1 Å². The summed E-state index contributed by atoms with van der Waals surface area (Å²) in [7, 11) is 0. The number of allylic oxidation sites excluding steroid dienone is 2. The van der Waals surface area contributed by atoms with E-state index in [4.69, 9.17) is 0 Å². The van der Waals surface area contributed by atoms with Crippen LogP contribution in [0.1, 0.15) is 13.8 Å². The van der Waals surface area contributed by atoms with Gasteiger partial charge in [-0.05, 0) is 26.0 Å². The molecule has 0 N–H and O–H groups in total. The molecule has 0 atom stereocenters. The van der Waals surface area contributed by atoms with Crippen LogP contribution in [-0.2, 0) is 13.1 Å². The minimum atomic E-state index is -0.0861. The summed E-state index contributed by atoms with van der Waals surface area (Å²) in [6.45, 7) is 5.02. The van der Waals surface area contributed by atoms with Gasteiger partial charge in [0.05, 0.1) is 23.9 Å². The summed E-state index contributed by atoms with van der Waals surface area (Å²) in [6.07, 6.45) is 0. The normalized spacial score (nSPS) is 15.0. The van der Waals surface area contributed by atoms with Crippen molar-refractivity contribution in [2.24, 2.45) is 0 Å². The maximum atomic E-state index is 12.4. The van der Waals surface area contributed by atoms with Crippen molar-refractivity contribution in [2.75, 3.05) is 0 Å². The summed E-state index contributed by atoms with van der Waals surface area (Å²) in [5.41, 5.74) is 2.15. The molecule has 3 rings (SSSR count). The monoisotopic (exact) mass is 242 g/mol. The zero-order valence-corrected chi connectivity index (χ0v) is 10.4. The first-order valence-corrected chi connectivity index (χ1v) is 5.97. The molecule has 0 bridgehead atoms. The van der Waals surface area contributed by atoms with Crippen molar-refractivity contribution in [1.29, 1.82) is 0 Å². The van der Waals surface area contributed by atoms with Gasteiger partial charge in [-0.15, -0.1) is 0 Å². The molecule has 1 aromatic carbocycles. The van der Waals surface area contributed by atoms with E-state index >= 15 is 0 Å². The molecule has 4 nitrogen and oxygen atoms in total. The average molecular weight is 242 g/mol. The van der Waals surface area contributed by atoms with Gasteiger partial charge in [-0.25, -0.2) is 9.36 Å². The van der Waals surface area contributed by atoms with Crippen LogP contribution in [0.5, 0.6) is 0 Å². The van der Waals surface area contributed by atoms with Gasteiger partial charge in [0.1, 0.15) is 0 Å². The molecule has 0 spiro atoms. The molecule has 0 unspecified atom stereocenters. The average Bonchev–Trinajstić information content (AvgIpc) is 2.38. The van der Waals surface area contributed by atoms with E-state index < -0.39 is 0 Å². The Bertz CT molecular complexity index is 727. The molecule has 1 aromatic heterocycles. The third-order valence-electron chi connectivity index (χ3n) is 3.65. The zero-order valence-electron chi connectivity index (χ0n) is 10.4. The Hall–Kier alpha value is -2.10. The van der Waals surface area contributed by atoms with Gasteiger partial charge in [-0.1, -0.05) is 23.3 Å². The Morgan fingerprint density at radius 2 is 1.22 bits per heavy atom. The summed E-state index contributed by atoms with van der Waals surface area (Å²) in [6, 6.07) is 7.01. The highest BCUT2D eigenvalue weighted by molar-refractivity contribution is 5.80. The van der Waals surface area contributed by atoms with Crippen LogP contribution in [0.3, 0.4) is 0 Å². The quantitative estimate of drug-likeness (QED) is 0.657. The minimum Gasteiger partial charge on any atom is -0.267 e. The molecule has 0 aliphatic carbocycles. The maximum Gasteiger partial charge on any atom is 0.273 e. The van der Waals surface area contributed by atoms with Crippen molar-refractivity contribution in [3.63, 3.8) is 0 Å². The lowest BCUT2D eigenvalue weighted by molar-refractivity contribution is 0.437. The highest BCUT2D eigenvalue weighted by Gasteiger charge is 2.17. The SMILES string of the molecule is CC1=C(C)Cn2c(=O)c3ccccc3c(=O)n2C1. The summed E-state index contributed by atoms with van der Waals surface area (Å²) in [5.74, 6) is 0. The highest BCUT2D eigenvalue weighted by Crippen LogP contribution is 2.14. The van der Waals surface area contributed by atoms with E-state index in [1.807, 2.05) is 13.8 Å².